The fourth-order valence-electron chi connectivity index (χ4n) is 4.51. The van der Waals surface area contributed by atoms with Gasteiger partial charge in [0.25, 0.3) is 0 Å². The van der Waals surface area contributed by atoms with E-state index in [1.54, 1.807) is 11.8 Å². The van der Waals surface area contributed by atoms with Gasteiger partial charge in [-0.2, -0.15) is 0 Å². The third-order valence-corrected chi connectivity index (χ3v) is 6.71. The molecule has 186 valence electrons. The van der Waals surface area contributed by atoms with Crippen LogP contribution in [0.25, 0.3) is 11.0 Å². The fraction of sp³-hybridized carbons (Fsp3) is 0.400. The van der Waals surface area contributed by atoms with Crippen molar-refractivity contribution in [1.82, 2.24) is 19.8 Å². The van der Waals surface area contributed by atoms with E-state index in [9.17, 15) is 14.7 Å². The molecular weight excluding hydrogens is 446 g/mol. The summed E-state index contributed by atoms with van der Waals surface area (Å²) in [6.45, 7) is 3.29. The molecule has 0 radical (unpaired) electrons. The van der Waals surface area contributed by atoms with Crippen LogP contribution in [0, 0.1) is 0 Å². The van der Waals surface area contributed by atoms with Crippen molar-refractivity contribution in [2.75, 3.05) is 25.0 Å². The number of aliphatic carboxylic acids is 1. The van der Waals surface area contributed by atoms with E-state index >= 15 is 0 Å². The predicted molar refractivity (Wildman–Crippen MR) is 134 cm³/mol. The summed E-state index contributed by atoms with van der Waals surface area (Å²) in [5, 5.41) is 15.6. The van der Waals surface area contributed by atoms with Crippen LogP contribution in [0.4, 0.5) is 5.69 Å². The Balaban J connectivity index is 1.59. The summed E-state index contributed by atoms with van der Waals surface area (Å²) >= 11 is 0. The number of aromatic nitrogens is 2. The summed E-state index contributed by atoms with van der Waals surface area (Å²) in [7, 11) is 1.94. The van der Waals surface area contributed by atoms with Crippen molar-refractivity contribution in [2.24, 2.45) is 18.5 Å². The third-order valence-electron chi connectivity index (χ3n) is 6.71. The molecule has 1 aliphatic rings. The Morgan fingerprint density at radius 3 is 2.46 bits per heavy atom. The van der Waals surface area contributed by atoms with E-state index in [2.05, 4.69) is 10.6 Å². The summed E-state index contributed by atoms with van der Waals surface area (Å²) in [5.74, 6) is -0.309. The summed E-state index contributed by atoms with van der Waals surface area (Å²) in [5.41, 5.74) is 14.4. The Morgan fingerprint density at radius 1 is 1.14 bits per heavy atom. The van der Waals surface area contributed by atoms with Gasteiger partial charge in [0.2, 0.25) is 5.91 Å². The highest BCUT2D eigenvalue weighted by molar-refractivity contribution is 5.90. The van der Waals surface area contributed by atoms with E-state index in [1.165, 1.54) is 0 Å². The molecule has 1 amide bonds. The summed E-state index contributed by atoms with van der Waals surface area (Å²) in [6.07, 6.45) is 1.40. The van der Waals surface area contributed by atoms with E-state index < -0.39 is 17.7 Å². The minimum Gasteiger partial charge on any atom is -0.480 e. The lowest BCUT2D eigenvalue weighted by Crippen LogP contribution is -2.54. The van der Waals surface area contributed by atoms with Crippen LogP contribution >= 0.6 is 0 Å². The standard InChI is InChI=1S/C25H33N7O3/c1-25(29-15-22(33)34,24(35)32-11-3-4-12-32)17-7-10-20-19(13-17)30-21(31(20)2)14-28-18-8-5-16(6-9-18)23(26)27/h5-10,13,23,28-29H,3-4,11-12,14-15,26-27H2,1-2H3,(H,33,34)/t25-/m1/s1. The van der Waals surface area contributed by atoms with E-state index in [1.807, 2.05) is 54.1 Å². The second-order valence-corrected chi connectivity index (χ2v) is 9.16. The maximum absolute atomic E-state index is 13.4. The lowest BCUT2D eigenvalue weighted by molar-refractivity contribution is -0.139. The number of rotatable bonds is 9. The normalized spacial score (nSPS) is 15.5. The minimum atomic E-state index is -1.17. The number of carboxylic acids is 1. The molecule has 4 rings (SSSR count). The molecule has 3 aromatic rings. The highest BCUT2D eigenvalue weighted by Crippen LogP contribution is 2.29. The van der Waals surface area contributed by atoms with E-state index in [-0.39, 0.29) is 12.5 Å². The summed E-state index contributed by atoms with van der Waals surface area (Å²) < 4.78 is 2.00. The maximum Gasteiger partial charge on any atom is 0.317 e. The van der Waals surface area contributed by atoms with Crippen molar-refractivity contribution in [3.63, 3.8) is 0 Å². The molecule has 2 heterocycles. The van der Waals surface area contributed by atoms with Gasteiger partial charge >= 0.3 is 5.97 Å². The third kappa shape index (κ3) is 5.14. The first-order valence-electron chi connectivity index (χ1n) is 11.8. The quantitative estimate of drug-likeness (QED) is 0.290. The molecule has 1 aromatic heterocycles. The molecule has 0 bridgehead atoms. The Labute approximate surface area is 204 Å². The van der Waals surface area contributed by atoms with Gasteiger partial charge in [-0.05, 0) is 55.2 Å². The van der Waals surface area contributed by atoms with Crippen LogP contribution in [0.3, 0.4) is 0 Å². The van der Waals surface area contributed by atoms with Gasteiger partial charge in [0, 0.05) is 25.8 Å². The number of nitrogens with two attached hydrogens (primary N) is 2. The fourth-order valence-corrected chi connectivity index (χ4v) is 4.51. The first kappa shape index (κ1) is 24.6. The van der Waals surface area contributed by atoms with Gasteiger partial charge in [-0.15, -0.1) is 0 Å². The summed E-state index contributed by atoms with van der Waals surface area (Å²) in [4.78, 5) is 31.3. The number of hydrogen-bond acceptors (Lipinski definition) is 7. The second kappa shape index (κ2) is 10.0. The molecule has 0 aliphatic carbocycles. The van der Waals surface area contributed by atoms with Crippen LogP contribution in [-0.2, 0) is 28.7 Å². The average molecular weight is 480 g/mol. The first-order valence-corrected chi connectivity index (χ1v) is 11.8. The Hall–Kier alpha value is -3.47. The van der Waals surface area contributed by atoms with E-state index in [4.69, 9.17) is 16.5 Å². The second-order valence-electron chi connectivity index (χ2n) is 9.16. The molecule has 0 spiro atoms. The molecule has 1 aliphatic heterocycles. The monoisotopic (exact) mass is 479 g/mol. The lowest BCUT2D eigenvalue weighted by Gasteiger charge is -2.33. The number of imidazole rings is 1. The highest BCUT2D eigenvalue weighted by atomic mass is 16.4. The largest absolute Gasteiger partial charge is 0.480 e. The Kier molecular flexibility index (Phi) is 7.06. The molecule has 35 heavy (non-hydrogen) atoms. The van der Waals surface area contributed by atoms with Crippen LogP contribution in [-0.4, -0.2) is 51.1 Å². The Bertz CT molecular complexity index is 1220. The molecule has 10 heteroatoms. The van der Waals surface area contributed by atoms with E-state index in [0.717, 1.165) is 41.0 Å². The number of benzene rings is 2. The van der Waals surface area contributed by atoms with Crippen molar-refractivity contribution < 1.29 is 14.7 Å². The van der Waals surface area contributed by atoms with Crippen LogP contribution in [0.15, 0.2) is 42.5 Å². The number of carboxylic acid groups (broad SMARTS) is 1. The number of nitrogens with one attached hydrogen (secondary N) is 2. The number of fused-ring (bicyclic) bond motifs is 1. The summed E-state index contributed by atoms with van der Waals surface area (Å²) in [6, 6.07) is 13.3. The molecule has 2 aromatic carbocycles. The molecule has 0 saturated carbocycles. The zero-order valence-corrected chi connectivity index (χ0v) is 20.1. The Morgan fingerprint density at radius 2 is 1.83 bits per heavy atom. The van der Waals surface area contributed by atoms with E-state index in [0.29, 0.717) is 25.2 Å². The number of anilines is 1. The van der Waals surface area contributed by atoms with Gasteiger partial charge in [-0.3, -0.25) is 14.9 Å². The average Bonchev–Trinajstić information content (AvgIpc) is 3.49. The first-order chi connectivity index (χ1) is 16.7. The maximum atomic E-state index is 13.4. The van der Waals surface area contributed by atoms with Crippen LogP contribution in [0.2, 0.25) is 0 Å². The van der Waals surface area contributed by atoms with Crippen molar-refractivity contribution in [1.29, 1.82) is 0 Å². The van der Waals surface area contributed by atoms with Gasteiger partial charge in [0.1, 0.15) is 11.4 Å². The number of hydrogen-bond donors (Lipinski definition) is 5. The molecule has 1 atom stereocenters. The topological polar surface area (TPSA) is 152 Å². The molecular formula is C25H33N7O3. The highest BCUT2D eigenvalue weighted by Gasteiger charge is 2.39. The van der Waals surface area contributed by atoms with Gasteiger partial charge in [-0.25, -0.2) is 4.98 Å². The number of carbonyl (C=O) groups is 2. The number of amides is 1. The van der Waals surface area contributed by atoms with Crippen LogP contribution < -0.4 is 22.1 Å². The molecule has 1 fully saturated rings. The van der Waals surface area contributed by atoms with Gasteiger partial charge in [0.05, 0.1) is 30.3 Å². The SMILES string of the molecule is Cn1c(CNc2ccc(C(N)N)cc2)nc2cc([C@@](C)(NCC(=O)O)C(=O)N3CCCC3)ccc21. The molecule has 7 N–H and O–H groups in total. The molecule has 10 nitrogen and oxygen atoms in total. The van der Waals surface area contributed by atoms with Crippen molar-refractivity contribution >= 4 is 28.6 Å². The van der Waals surface area contributed by atoms with Crippen molar-refractivity contribution in [3.8, 4) is 0 Å². The number of nitrogens with zero attached hydrogens (tertiary/aromatic N) is 3. The van der Waals surface area contributed by atoms with Gasteiger partial charge in [-0.1, -0.05) is 18.2 Å². The lowest BCUT2D eigenvalue weighted by atomic mass is 9.89. The zero-order valence-electron chi connectivity index (χ0n) is 20.1. The number of carbonyl (C=O) groups excluding carboxylic acids is 1. The van der Waals surface area contributed by atoms with Crippen LogP contribution in [0.1, 0.15) is 42.9 Å². The van der Waals surface area contributed by atoms with Gasteiger partial charge < -0.3 is 31.4 Å². The minimum absolute atomic E-state index is 0.117. The number of aryl methyl sites for hydroxylation is 1. The number of likely N-dealkylation sites (tertiary alicyclic amines) is 1. The molecule has 0 unspecified atom stereocenters. The predicted octanol–water partition coefficient (Wildman–Crippen LogP) is 1.61. The van der Waals surface area contributed by atoms with Crippen molar-refractivity contribution in [2.45, 2.75) is 38.0 Å². The van der Waals surface area contributed by atoms with Crippen molar-refractivity contribution in [3.05, 3.63) is 59.4 Å². The molecule has 1 saturated heterocycles. The zero-order chi connectivity index (χ0) is 25.2. The van der Waals surface area contributed by atoms with Crippen LogP contribution in [0.5, 0.6) is 0 Å². The van der Waals surface area contributed by atoms with Gasteiger partial charge in [0.15, 0.2) is 0 Å². The smallest absolute Gasteiger partial charge is 0.317 e.